The molecule has 1 amide bonds. The Balaban J connectivity index is 2.35. The van der Waals surface area contributed by atoms with Crippen LogP contribution in [0.25, 0.3) is 0 Å². The zero-order valence-corrected chi connectivity index (χ0v) is 11.2. The van der Waals surface area contributed by atoms with Gasteiger partial charge in [-0.2, -0.15) is 0 Å². The number of ether oxygens (including phenoxy) is 1. The van der Waals surface area contributed by atoms with E-state index in [-0.39, 0.29) is 12.0 Å². The zero-order chi connectivity index (χ0) is 12.9. The van der Waals surface area contributed by atoms with Gasteiger partial charge in [0.15, 0.2) is 0 Å². The molecule has 0 atom stereocenters. The molecule has 0 aliphatic heterocycles. The summed E-state index contributed by atoms with van der Waals surface area (Å²) in [5, 5.41) is 3.30. The standard InChI is InChI=1S/C12H25N3O2/c1-4-15(5-2)7-6-14-12(11(13)16)8-10(9-12)17-3/h10,14H,4-9H2,1-3H3,(H2,13,16). The highest BCUT2D eigenvalue weighted by Crippen LogP contribution is 2.33. The minimum atomic E-state index is -0.534. The van der Waals surface area contributed by atoms with Crippen LogP contribution in [0.1, 0.15) is 26.7 Å². The molecule has 1 saturated carbocycles. The van der Waals surface area contributed by atoms with Crippen LogP contribution in [-0.4, -0.2) is 55.7 Å². The second kappa shape index (κ2) is 6.33. The first-order valence-electron chi connectivity index (χ1n) is 6.38. The first kappa shape index (κ1) is 14.4. The maximum atomic E-state index is 11.5. The lowest BCUT2D eigenvalue weighted by Gasteiger charge is -2.45. The van der Waals surface area contributed by atoms with E-state index in [1.165, 1.54) is 0 Å². The number of hydrogen-bond donors (Lipinski definition) is 2. The first-order chi connectivity index (χ1) is 8.07. The summed E-state index contributed by atoms with van der Waals surface area (Å²) in [5.74, 6) is -0.259. The van der Waals surface area contributed by atoms with Crippen LogP contribution in [0.2, 0.25) is 0 Å². The van der Waals surface area contributed by atoms with E-state index in [2.05, 4.69) is 24.1 Å². The minimum absolute atomic E-state index is 0.170. The average molecular weight is 243 g/mol. The van der Waals surface area contributed by atoms with Crippen LogP contribution in [-0.2, 0) is 9.53 Å². The summed E-state index contributed by atoms with van der Waals surface area (Å²) in [6.07, 6.45) is 1.55. The van der Waals surface area contributed by atoms with Gasteiger partial charge < -0.3 is 20.7 Å². The minimum Gasteiger partial charge on any atom is -0.381 e. The SMILES string of the molecule is CCN(CC)CCNC1(C(N)=O)CC(OC)C1. The van der Waals surface area contributed by atoms with E-state index in [0.29, 0.717) is 12.8 Å². The molecule has 1 aliphatic carbocycles. The predicted octanol–water partition coefficient (Wildman–Crippen LogP) is -0.0493. The summed E-state index contributed by atoms with van der Waals surface area (Å²) in [7, 11) is 1.67. The molecule has 0 aromatic carbocycles. The van der Waals surface area contributed by atoms with Gasteiger partial charge in [0.25, 0.3) is 0 Å². The Kier molecular flexibility index (Phi) is 5.36. The van der Waals surface area contributed by atoms with Crippen molar-refractivity contribution in [1.29, 1.82) is 0 Å². The number of nitrogens with zero attached hydrogens (tertiary/aromatic N) is 1. The van der Waals surface area contributed by atoms with Crippen molar-refractivity contribution in [1.82, 2.24) is 10.2 Å². The lowest BCUT2D eigenvalue weighted by molar-refractivity contribution is -0.135. The van der Waals surface area contributed by atoms with Crippen molar-refractivity contribution in [3.63, 3.8) is 0 Å². The van der Waals surface area contributed by atoms with Crippen LogP contribution in [0.15, 0.2) is 0 Å². The van der Waals surface area contributed by atoms with E-state index in [0.717, 1.165) is 26.2 Å². The number of carbonyl (C=O) groups excluding carboxylic acids is 1. The number of nitrogens with one attached hydrogen (secondary N) is 1. The number of methoxy groups -OCH3 is 1. The molecule has 0 aromatic rings. The molecule has 1 rings (SSSR count). The van der Waals surface area contributed by atoms with Crippen LogP contribution < -0.4 is 11.1 Å². The molecular formula is C12H25N3O2. The number of nitrogens with two attached hydrogens (primary N) is 1. The fraction of sp³-hybridized carbons (Fsp3) is 0.917. The fourth-order valence-corrected chi connectivity index (χ4v) is 2.31. The highest BCUT2D eigenvalue weighted by molar-refractivity contribution is 5.86. The third-order valence-corrected chi connectivity index (χ3v) is 3.74. The van der Waals surface area contributed by atoms with Crippen LogP contribution in [0, 0.1) is 0 Å². The van der Waals surface area contributed by atoms with Gasteiger partial charge in [0.2, 0.25) is 5.91 Å². The quantitative estimate of drug-likeness (QED) is 0.627. The molecular weight excluding hydrogens is 218 g/mol. The van der Waals surface area contributed by atoms with Gasteiger partial charge in [0.05, 0.1) is 6.10 Å². The molecule has 0 unspecified atom stereocenters. The van der Waals surface area contributed by atoms with Crippen molar-refractivity contribution in [2.45, 2.75) is 38.3 Å². The third-order valence-electron chi connectivity index (χ3n) is 3.74. The Bertz CT molecular complexity index is 248. The maximum absolute atomic E-state index is 11.5. The second-order valence-corrected chi connectivity index (χ2v) is 4.67. The van der Waals surface area contributed by atoms with Crippen LogP contribution in [0.5, 0.6) is 0 Å². The average Bonchev–Trinajstić information content (AvgIpc) is 2.26. The Labute approximate surface area is 104 Å². The molecule has 1 aliphatic rings. The van der Waals surface area contributed by atoms with Gasteiger partial charge in [-0.3, -0.25) is 4.79 Å². The van der Waals surface area contributed by atoms with Crippen molar-refractivity contribution in [2.24, 2.45) is 5.73 Å². The lowest BCUT2D eigenvalue weighted by Crippen LogP contribution is -2.66. The summed E-state index contributed by atoms with van der Waals surface area (Å²) < 4.78 is 5.20. The molecule has 0 heterocycles. The highest BCUT2D eigenvalue weighted by Gasteiger charge is 2.48. The van der Waals surface area contributed by atoms with Crippen LogP contribution >= 0.6 is 0 Å². The smallest absolute Gasteiger partial charge is 0.237 e. The molecule has 3 N–H and O–H groups in total. The summed E-state index contributed by atoms with van der Waals surface area (Å²) in [4.78, 5) is 13.8. The van der Waals surface area contributed by atoms with Gasteiger partial charge >= 0.3 is 0 Å². The third kappa shape index (κ3) is 3.40. The topological polar surface area (TPSA) is 67.6 Å². The molecule has 0 saturated heterocycles. The number of hydrogen-bond acceptors (Lipinski definition) is 4. The molecule has 0 aromatic heterocycles. The molecule has 0 spiro atoms. The predicted molar refractivity (Wildman–Crippen MR) is 67.7 cm³/mol. The number of primary amides is 1. The number of carbonyl (C=O) groups is 1. The maximum Gasteiger partial charge on any atom is 0.237 e. The second-order valence-electron chi connectivity index (χ2n) is 4.67. The molecule has 5 nitrogen and oxygen atoms in total. The van der Waals surface area contributed by atoms with Crippen LogP contribution in [0.3, 0.4) is 0 Å². The molecule has 100 valence electrons. The van der Waals surface area contributed by atoms with Crippen molar-refractivity contribution in [3.8, 4) is 0 Å². The van der Waals surface area contributed by atoms with Crippen molar-refractivity contribution < 1.29 is 9.53 Å². The van der Waals surface area contributed by atoms with Gasteiger partial charge in [0, 0.05) is 33.0 Å². The summed E-state index contributed by atoms with van der Waals surface area (Å²) in [5.41, 5.74) is 4.93. The fourth-order valence-electron chi connectivity index (χ4n) is 2.31. The Morgan fingerprint density at radius 3 is 2.47 bits per heavy atom. The largest absolute Gasteiger partial charge is 0.381 e. The summed E-state index contributed by atoms with van der Waals surface area (Å²) in [6, 6.07) is 0. The Hall–Kier alpha value is -0.650. The Morgan fingerprint density at radius 1 is 1.47 bits per heavy atom. The van der Waals surface area contributed by atoms with Gasteiger partial charge in [-0.1, -0.05) is 13.8 Å². The van der Waals surface area contributed by atoms with Crippen molar-refractivity contribution >= 4 is 5.91 Å². The lowest BCUT2D eigenvalue weighted by atomic mass is 9.73. The van der Waals surface area contributed by atoms with E-state index in [1.807, 2.05) is 0 Å². The highest BCUT2D eigenvalue weighted by atomic mass is 16.5. The van der Waals surface area contributed by atoms with Gasteiger partial charge in [-0.15, -0.1) is 0 Å². The van der Waals surface area contributed by atoms with Gasteiger partial charge in [-0.25, -0.2) is 0 Å². The van der Waals surface area contributed by atoms with Crippen molar-refractivity contribution in [2.75, 3.05) is 33.3 Å². The van der Waals surface area contributed by atoms with Crippen LogP contribution in [0.4, 0.5) is 0 Å². The molecule has 1 fully saturated rings. The zero-order valence-electron chi connectivity index (χ0n) is 11.2. The molecule has 0 radical (unpaired) electrons. The van der Waals surface area contributed by atoms with E-state index in [1.54, 1.807) is 7.11 Å². The van der Waals surface area contributed by atoms with E-state index in [4.69, 9.17) is 10.5 Å². The molecule has 5 heteroatoms. The van der Waals surface area contributed by atoms with Gasteiger partial charge in [0.1, 0.15) is 5.54 Å². The van der Waals surface area contributed by atoms with E-state index >= 15 is 0 Å². The van der Waals surface area contributed by atoms with Crippen molar-refractivity contribution in [3.05, 3.63) is 0 Å². The number of amides is 1. The first-order valence-corrected chi connectivity index (χ1v) is 6.38. The normalized spacial score (nSPS) is 28.1. The monoisotopic (exact) mass is 243 g/mol. The molecule has 0 bridgehead atoms. The van der Waals surface area contributed by atoms with E-state index in [9.17, 15) is 4.79 Å². The summed E-state index contributed by atoms with van der Waals surface area (Å²) >= 11 is 0. The van der Waals surface area contributed by atoms with Gasteiger partial charge in [-0.05, 0) is 13.1 Å². The Morgan fingerprint density at radius 2 is 2.06 bits per heavy atom. The van der Waals surface area contributed by atoms with E-state index < -0.39 is 5.54 Å². The number of likely N-dealkylation sites (N-methyl/N-ethyl adjacent to an activating group) is 1. The molecule has 17 heavy (non-hydrogen) atoms. The summed E-state index contributed by atoms with van der Waals surface area (Å²) in [6.45, 7) is 8.07. The number of rotatable bonds is 8.